The van der Waals surface area contributed by atoms with E-state index in [2.05, 4.69) is 20.6 Å². The molecule has 1 heterocycles. The number of nitro benzene ring substituents is 1. The molecule has 0 aliphatic rings. The van der Waals surface area contributed by atoms with E-state index in [1.807, 2.05) is 44.2 Å². The lowest BCUT2D eigenvalue weighted by molar-refractivity contribution is -0.387. The molecule has 1 aromatic heterocycles. The normalized spacial score (nSPS) is 10.7. The van der Waals surface area contributed by atoms with Crippen molar-refractivity contribution in [3.8, 4) is 11.3 Å². The minimum absolute atomic E-state index is 0.121. The van der Waals surface area contributed by atoms with Gasteiger partial charge in [-0.3, -0.25) is 10.1 Å². The molecule has 0 fully saturated rings. The number of nitro groups is 1. The summed E-state index contributed by atoms with van der Waals surface area (Å²) in [7, 11) is 0. The van der Waals surface area contributed by atoms with Gasteiger partial charge in [-0.15, -0.1) is 0 Å². The van der Waals surface area contributed by atoms with Crippen LogP contribution in [0.15, 0.2) is 54.6 Å². The number of halogens is 1. The van der Waals surface area contributed by atoms with Gasteiger partial charge in [0.1, 0.15) is 5.82 Å². The standard InChI is InChI=1S/C19H18FN5O2/c1-12(2)21-19-23-16(13-6-4-3-5-7-13)11-18(24-19)22-14-8-9-15(20)17(10-14)25(26)27/h3-12H,1-2H3,(H2,21,22,23,24). The zero-order chi connectivity index (χ0) is 19.4. The Bertz CT molecular complexity index is 964. The van der Waals surface area contributed by atoms with E-state index in [0.29, 0.717) is 23.1 Å². The number of rotatable bonds is 6. The second-order valence-corrected chi connectivity index (χ2v) is 6.18. The van der Waals surface area contributed by atoms with Crippen LogP contribution in [0, 0.1) is 15.9 Å². The molecular formula is C19H18FN5O2. The van der Waals surface area contributed by atoms with E-state index in [4.69, 9.17) is 0 Å². The highest BCUT2D eigenvalue weighted by molar-refractivity contribution is 5.68. The van der Waals surface area contributed by atoms with Gasteiger partial charge in [0.2, 0.25) is 11.8 Å². The van der Waals surface area contributed by atoms with Gasteiger partial charge in [0.25, 0.3) is 0 Å². The number of hydrogen-bond donors (Lipinski definition) is 2. The number of aromatic nitrogens is 2. The van der Waals surface area contributed by atoms with Crippen molar-refractivity contribution in [1.29, 1.82) is 0 Å². The van der Waals surface area contributed by atoms with Gasteiger partial charge in [-0.2, -0.15) is 9.37 Å². The Morgan fingerprint density at radius 2 is 1.81 bits per heavy atom. The molecule has 0 radical (unpaired) electrons. The van der Waals surface area contributed by atoms with Crippen molar-refractivity contribution in [2.75, 3.05) is 10.6 Å². The lowest BCUT2D eigenvalue weighted by Gasteiger charge is -2.13. The van der Waals surface area contributed by atoms with Gasteiger partial charge in [-0.1, -0.05) is 30.3 Å². The molecule has 0 spiro atoms. The summed E-state index contributed by atoms with van der Waals surface area (Å²) in [4.78, 5) is 19.1. The molecule has 0 atom stereocenters. The molecule has 2 N–H and O–H groups in total. The molecule has 138 valence electrons. The zero-order valence-electron chi connectivity index (χ0n) is 14.8. The first-order valence-corrected chi connectivity index (χ1v) is 8.34. The van der Waals surface area contributed by atoms with Crippen molar-refractivity contribution in [3.05, 3.63) is 70.5 Å². The fourth-order valence-corrected chi connectivity index (χ4v) is 2.47. The van der Waals surface area contributed by atoms with Crippen LogP contribution in [0.3, 0.4) is 0 Å². The summed E-state index contributed by atoms with van der Waals surface area (Å²) < 4.78 is 13.5. The van der Waals surface area contributed by atoms with Crippen molar-refractivity contribution in [2.24, 2.45) is 0 Å². The van der Waals surface area contributed by atoms with Crippen molar-refractivity contribution >= 4 is 23.1 Å². The molecule has 0 aliphatic heterocycles. The molecule has 7 nitrogen and oxygen atoms in total. The number of anilines is 3. The van der Waals surface area contributed by atoms with Crippen LogP contribution >= 0.6 is 0 Å². The van der Waals surface area contributed by atoms with Crippen LogP contribution in [0.1, 0.15) is 13.8 Å². The number of nitrogens with one attached hydrogen (secondary N) is 2. The summed E-state index contributed by atoms with van der Waals surface area (Å²) in [5.41, 5.74) is 1.35. The van der Waals surface area contributed by atoms with Crippen LogP contribution in [0.25, 0.3) is 11.3 Å². The fourth-order valence-electron chi connectivity index (χ4n) is 2.47. The van der Waals surface area contributed by atoms with Gasteiger partial charge >= 0.3 is 5.69 Å². The summed E-state index contributed by atoms with van der Waals surface area (Å²) in [5, 5.41) is 17.1. The Labute approximate surface area is 155 Å². The smallest absolute Gasteiger partial charge is 0.306 e. The second-order valence-electron chi connectivity index (χ2n) is 6.18. The van der Waals surface area contributed by atoms with Crippen LogP contribution in [0.2, 0.25) is 0 Å². The van der Waals surface area contributed by atoms with Gasteiger partial charge in [-0.25, -0.2) is 4.98 Å². The minimum atomic E-state index is -0.889. The number of nitrogens with zero attached hydrogens (tertiary/aromatic N) is 3. The maximum absolute atomic E-state index is 13.5. The molecule has 0 aliphatic carbocycles. The van der Waals surface area contributed by atoms with E-state index in [-0.39, 0.29) is 6.04 Å². The molecule has 8 heteroatoms. The first-order valence-electron chi connectivity index (χ1n) is 8.34. The largest absolute Gasteiger partial charge is 0.352 e. The SMILES string of the molecule is CC(C)Nc1nc(Nc2ccc(F)c([N+](=O)[O-])c2)cc(-c2ccccc2)n1. The van der Waals surface area contributed by atoms with E-state index in [1.165, 1.54) is 6.07 Å². The molecule has 0 saturated carbocycles. The number of hydrogen-bond acceptors (Lipinski definition) is 6. The predicted molar refractivity (Wildman–Crippen MR) is 103 cm³/mol. The van der Waals surface area contributed by atoms with E-state index in [9.17, 15) is 14.5 Å². The molecule has 0 unspecified atom stereocenters. The Balaban J connectivity index is 1.99. The van der Waals surface area contributed by atoms with Gasteiger partial charge < -0.3 is 10.6 Å². The monoisotopic (exact) mass is 367 g/mol. The van der Waals surface area contributed by atoms with Crippen molar-refractivity contribution in [2.45, 2.75) is 19.9 Å². The van der Waals surface area contributed by atoms with Crippen LogP contribution in [0.5, 0.6) is 0 Å². The zero-order valence-corrected chi connectivity index (χ0v) is 14.8. The second kappa shape index (κ2) is 7.77. The maximum atomic E-state index is 13.5. The molecule has 2 aromatic carbocycles. The highest BCUT2D eigenvalue weighted by Gasteiger charge is 2.15. The Morgan fingerprint density at radius 1 is 1.07 bits per heavy atom. The van der Waals surface area contributed by atoms with Gasteiger partial charge in [0, 0.05) is 29.4 Å². The lowest BCUT2D eigenvalue weighted by Crippen LogP contribution is -2.13. The average Bonchev–Trinajstić information content (AvgIpc) is 2.63. The molecule has 27 heavy (non-hydrogen) atoms. The Hall–Kier alpha value is -3.55. The third kappa shape index (κ3) is 4.55. The molecule has 3 rings (SSSR count). The first-order chi connectivity index (χ1) is 12.9. The third-order valence-electron chi connectivity index (χ3n) is 3.63. The minimum Gasteiger partial charge on any atom is -0.352 e. The highest BCUT2D eigenvalue weighted by Crippen LogP contribution is 2.26. The molecule has 0 saturated heterocycles. The molecular weight excluding hydrogens is 349 g/mol. The van der Waals surface area contributed by atoms with E-state index in [1.54, 1.807) is 6.07 Å². The van der Waals surface area contributed by atoms with Crippen molar-refractivity contribution in [1.82, 2.24) is 9.97 Å². The van der Waals surface area contributed by atoms with Crippen molar-refractivity contribution in [3.63, 3.8) is 0 Å². The van der Waals surface area contributed by atoms with Crippen LogP contribution in [-0.4, -0.2) is 20.9 Å². The number of benzene rings is 2. The van der Waals surface area contributed by atoms with Crippen LogP contribution in [0.4, 0.5) is 27.5 Å². The molecule has 0 bridgehead atoms. The Kier molecular flexibility index (Phi) is 5.25. The Morgan fingerprint density at radius 3 is 2.48 bits per heavy atom. The molecule has 0 amide bonds. The maximum Gasteiger partial charge on any atom is 0.306 e. The highest BCUT2D eigenvalue weighted by atomic mass is 19.1. The third-order valence-corrected chi connectivity index (χ3v) is 3.63. The van der Waals surface area contributed by atoms with Gasteiger partial charge in [0.05, 0.1) is 10.6 Å². The quantitative estimate of drug-likeness (QED) is 0.482. The summed E-state index contributed by atoms with van der Waals surface area (Å²) in [6, 6.07) is 15.0. The van der Waals surface area contributed by atoms with Crippen LogP contribution in [-0.2, 0) is 0 Å². The predicted octanol–water partition coefficient (Wildman–Crippen LogP) is 4.75. The molecule has 3 aromatic rings. The van der Waals surface area contributed by atoms with E-state index >= 15 is 0 Å². The van der Waals surface area contributed by atoms with E-state index in [0.717, 1.165) is 17.7 Å². The van der Waals surface area contributed by atoms with Gasteiger partial charge in [-0.05, 0) is 26.0 Å². The summed E-state index contributed by atoms with van der Waals surface area (Å²) in [5.74, 6) is -0.0289. The summed E-state index contributed by atoms with van der Waals surface area (Å²) in [6.07, 6.45) is 0. The summed E-state index contributed by atoms with van der Waals surface area (Å²) in [6.45, 7) is 3.93. The van der Waals surface area contributed by atoms with Gasteiger partial charge in [0.15, 0.2) is 0 Å². The lowest BCUT2D eigenvalue weighted by atomic mass is 10.1. The van der Waals surface area contributed by atoms with Crippen molar-refractivity contribution < 1.29 is 9.31 Å². The van der Waals surface area contributed by atoms with Crippen LogP contribution < -0.4 is 10.6 Å². The topological polar surface area (TPSA) is 93.0 Å². The average molecular weight is 367 g/mol. The fraction of sp³-hybridized carbons (Fsp3) is 0.158. The van der Waals surface area contributed by atoms with E-state index < -0.39 is 16.4 Å². The first kappa shape index (κ1) is 18.2. The summed E-state index contributed by atoms with van der Waals surface area (Å²) >= 11 is 0.